The second-order valence-electron chi connectivity index (χ2n) is 4.52. The van der Waals surface area contributed by atoms with Crippen molar-refractivity contribution in [3.05, 3.63) is 23.6 Å². The molecule has 0 unspecified atom stereocenters. The van der Waals surface area contributed by atoms with Crippen molar-refractivity contribution < 1.29 is 13.9 Å². The van der Waals surface area contributed by atoms with Gasteiger partial charge in [0.1, 0.15) is 11.6 Å². The zero-order valence-electron chi connectivity index (χ0n) is 11.1. The highest BCUT2D eigenvalue weighted by Crippen LogP contribution is 2.29. The van der Waals surface area contributed by atoms with Crippen LogP contribution >= 0.6 is 0 Å². The van der Waals surface area contributed by atoms with Gasteiger partial charge in [0.2, 0.25) is 0 Å². The van der Waals surface area contributed by atoms with Gasteiger partial charge in [-0.05, 0) is 18.9 Å². The van der Waals surface area contributed by atoms with E-state index in [1.165, 1.54) is 6.07 Å². The third-order valence-corrected chi connectivity index (χ3v) is 3.11. The van der Waals surface area contributed by atoms with Crippen LogP contribution in [0.3, 0.4) is 0 Å². The molecule has 1 heterocycles. The molecular weight excluding hydrogens is 249 g/mol. The van der Waals surface area contributed by atoms with Crippen molar-refractivity contribution in [3.8, 4) is 0 Å². The maximum atomic E-state index is 13.3. The number of pyridine rings is 1. The van der Waals surface area contributed by atoms with E-state index < -0.39 is 5.82 Å². The van der Waals surface area contributed by atoms with Gasteiger partial charge in [0.15, 0.2) is 0 Å². The van der Waals surface area contributed by atoms with Crippen LogP contribution in [0.15, 0.2) is 12.3 Å². The Morgan fingerprint density at radius 3 is 2.95 bits per heavy atom. The third-order valence-electron chi connectivity index (χ3n) is 3.11. The number of aromatic nitrogens is 1. The van der Waals surface area contributed by atoms with Gasteiger partial charge >= 0.3 is 0 Å². The normalized spacial score (nSPS) is 14.3. The van der Waals surface area contributed by atoms with E-state index in [1.807, 2.05) is 0 Å². The quantitative estimate of drug-likeness (QED) is 0.849. The molecule has 2 rings (SSSR count). The second-order valence-corrected chi connectivity index (χ2v) is 4.52. The number of nitrogens with one attached hydrogen (secondary N) is 1. The Kier molecular flexibility index (Phi) is 4.31. The monoisotopic (exact) mass is 267 g/mol. The average Bonchev–Trinajstić information content (AvgIpc) is 3.23. The first kappa shape index (κ1) is 13.7. The highest BCUT2D eigenvalue weighted by Gasteiger charge is 2.33. The number of rotatable bonds is 6. The molecule has 1 N–H and O–H groups in total. The van der Waals surface area contributed by atoms with E-state index in [-0.39, 0.29) is 17.5 Å². The lowest BCUT2D eigenvalue weighted by Crippen LogP contribution is -2.36. The van der Waals surface area contributed by atoms with Crippen LogP contribution in [0, 0.1) is 5.82 Å². The molecule has 0 bridgehead atoms. The lowest BCUT2D eigenvalue weighted by molar-refractivity contribution is 0.0680. The number of halogens is 1. The molecule has 1 aromatic rings. The summed E-state index contributed by atoms with van der Waals surface area (Å²) in [6.45, 7) is 0.986. The molecule has 1 fully saturated rings. The van der Waals surface area contributed by atoms with Gasteiger partial charge in [-0.15, -0.1) is 0 Å². The SMILES string of the molecule is CNc1ncc(F)cc1C(=O)N(CCOC)C1CC1. The van der Waals surface area contributed by atoms with Crippen molar-refractivity contribution in [2.45, 2.75) is 18.9 Å². The largest absolute Gasteiger partial charge is 0.383 e. The molecule has 6 heteroatoms. The van der Waals surface area contributed by atoms with Crippen molar-refractivity contribution in [1.82, 2.24) is 9.88 Å². The van der Waals surface area contributed by atoms with Crippen LogP contribution in [-0.4, -0.2) is 49.1 Å². The molecule has 0 saturated heterocycles. The zero-order valence-corrected chi connectivity index (χ0v) is 11.1. The molecule has 0 atom stereocenters. The first-order valence-electron chi connectivity index (χ1n) is 6.30. The standard InChI is InChI=1S/C13H18FN3O2/c1-15-12-11(7-9(14)8-16-12)13(18)17(5-6-19-2)10-3-4-10/h7-8,10H,3-6H2,1-2H3,(H,15,16). The Morgan fingerprint density at radius 2 is 2.37 bits per heavy atom. The minimum Gasteiger partial charge on any atom is -0.383 e. The molecule has 5 nitrogen and oxygen atoms in total. The van der Waals surface area contributed by atoms with Crippen molar-refractivity contribution in [1.29, 1.82) is 0 Å². The molecule has 0 aliphatic heterocycles. The van der Waals surface area contributed by atoms with E-state index in [2.05, 4.69) is 10.3 Å². The Hall–Kier alpha value is -1.69. The van der Waals surface area contributed by atoms with Gasteiger partial charge in [0, 0.05) is 26.7 Å². The number of ether oxygens (including phenoxy) is 1. The van der Waals surface area contributed by atoms with E-state index in [1.54, 1.807) is 19.1 Å². The smallest absolute Gasteiger partial charge is 0.258 e. The summed E-state index contributed by atoms with van der Waals surface area (Å²) < 4.78 is 18.3. The van der Waals surface area contributed by atoms with Crippen LogP contribution in [0.4, 0.5) is 10.2 Å². The molecule has 19 heavy (non-hydrogen) atoms. The van der Waals surface area contributed by atoms with E-state index in [4.69, 9.17) is 4.74 Å². The zero-order chi connectivity index (χ0) is 13.8. The Labute approximate surface area is 111 Å². The summed E-state index contributed by atoms with van der Waals surface area (Å²) in [5, 5.41) is 2.82. The number of carbonyl (C=O) groups excluding carboxylic acids is 1. The third kappa shape index (κ3) is 3.20. The maximum absolute atomic E-state index is 13.3. The summed E-state index contributed by atoms with van der Waals surface area (Å²) in [6, 6.07) is 1.47. The Morgan fingerprint density at radius 1 is 1.63 bits per heavy atom. The fourth-order valence-electron chi connectivity index (χ4n) is 1.98. The van der Waals surface area contributed by atoms with E-state index in [0.717, 1.165) is 19.0 Å². The topological polar surface area (TPSA) is 54.5 Å². The number of anilines is 1. The van der Waals surface area contributed by atoms with E-state index >= 15 is 0 Å². The van der Waals surface area contributed by atoms with Crippen molar-refractivity contribution >= 4 is 11.7 Å². The highest BCUT2D eigenvalue weighted by atomic mass is 19.1. The van der Waals surface area contributed by atoms with Crippen LogP contribution < -0.4 is 5.32 Å². The van der Waals surface area contributed by atoms with Crippen molar-refractivity contribution in [2.75, 3.05) is 32.6 Å². The first-order valence-corrected chi connectivity index (χ1v) is 6.30. The average molecular weight is 267 g/mol. The molecule has 0 radical (unpaired) electrons. The summed E-state index contributed by atoms with van der Waals surface area (Å²) in [4.78, 5) is 18.1. The minimum atomic E-state index is -0.509. The summed E-state index contributed by atoms with van der Waals surface area (Å²) in [5.41, 5.74) is 0.269. The van der Waals surface area contributed by atoms with Gasteiger partial charge < -0.3 is 15.0 Å². The van der Waals surface area contributed by atoms with Crippen LogP contribution in [0.1, 0.15) is 23.2 Å². The molecule has 1 aliphatic carbocycles. The van der Waals surface area contributed by atoms with Gasteiger partial charge in [0.05, 0.1) is 18.4 Å². The van der Waals surface area contributed by atoms with Gasteiger partial charge in [-0.2, -0.15) is 0 Å². The van der Waals surface area contributed by atoms with Crippen molar-refractivity contribution in [2.24, 2.45) is 0 Å². The Balaban J connectivity index is 2.22. The number of hydrogen-bond donors (Lipinski definition) is 1. The molecule has 1 aromatic heterocycles. The van der Waals surface area contributed by atoms with Gasteiger partial charge in [-0.25, -0.2) is 9.37 Å². The summed E-state index contributed by atoms with van der Waals surface area (Å²) in [6.07, 6.45) is 3.08. The lowest BCUT2D eigenvalue weighted by Gasteiger charge is -2.23. The Bertz CT molecular complexity index is 463. The predicted molar refractivity (Wildman–Crippen MR) is 69.7 cm³/mol. The molecule has 1 aliphatic rings. The lowest BCUT2D eigenvalue weighted by atomic mass is 10.2. The number of nitrogens with zero attached hydrogens (tertiary/aromatic N) is 2. The molecule has 1 amide bonds. The fraction of sp³-hybridized carbons (Fsp3) is 0.538. The van der Waals surface area contributed by atoms with Crippen LogP contribution in [0.5, 0.6) is 0 Å². The van der Waals surface area contributed by atoms with Crippen LogP contribution in [-0.2, 0) is 4.74 Å². The number of hydrogen-bond acceptors (Lipinski definition) is 4. The number of amides is 1. The number of carbonyl (C=O) groups is 1. The molecular formula is C13H18FN3O2. The summed E-state index contributed by atoms with van der Waals surface area (Å²) in [5.74, 6) is -0.310. The second kappa shape index (κ2) is 5.97. The highest BCUT2D eigenvalue weighted by molar-refractivity contribution is 5.99. The fourth-order valence-corrected chi connectivity index (χ4v) is 1.98. The summed E-state index contributed by atoms with van der Waals surface area (Å²) >= 11 is 0. The minimum absolute atomic E-state index is 0.198. The maximum Gasteiger partial charge on any atom is 0.258 e. The van der Waals surface area contributed by atoms with Gasteiger partial charge in [-0.1, -0.05) is 0 Å². The van der Waals surface area contributed by atoms with Crippen LogP contribution in [0.2, 0.25) is 0 Å². The van der Waals surface area contributed by atoms with Gasteiger partial charge in [-0.3, -0.25) is 4.79 Å². The first-order chi connectivity index (χ1) is 9.17. The molecule has 104 valence electrons. The van der Waals surface area contributed by atoms with E-state index in [9.17, 15) is 9.18 Å². The molecule has 1 saturated carbocycles. The molecule has 0 aromatic carbocycles. The summed E-state index contributed by atoms with van der Waals surface area (Å²) in [7, 11) is 3.26. The van der Waals surface area contributed by atoms with Crippen LogP contribution in [0.25, 0.3) is 0 Å². The predicted octanol–water partition coefficient (Wildman–Crippen LogP) is 1.51. The number of methoxy groups -OCH3 is 1. The van der Waals surface area contributed by atoms with Gasteiger partial charge in [0.25, 0.3) is 5.91 Å². The van der Waals surface area contributed by atoms with Crippen molar-refractivity contribution in [3.63, 3.8) is 0 Å². The molecule has 0 spiro atoms. The van der Waals surface area contributed by atoms with E-state index in [0.29, 0.717) is 19.0 Å².